The first-order valence-corrected chi connectivity index (χ1v) is 7.40. The maximum absolute atomic E-state index is 5.46. The van der Waals surface area contributed by atoms with Gasteiger partial charge in [0.05, 0.1) is 7.11 Å². The summed E-state index contributed by atoms with van der Waals surface area (Å²) in [5.74, 6) is 1.81. The third-order valence-electron chi connectivity index (χ3n) is 3.73. The quantitative estimate of drug-likeness (QED) is 0.746. The molecule has 0 aliphatic heterocycles. The van der Waals surface area contributed by atoms with Crippen LogP contribution in [0.1, 0.15) is 36.8 Å². The zero-order valence-electron chi connectivity index (χ0n) is 10.7. The van der Waals surface area contributed by atoms with Crippen LogP contribution in [-0.2, 0) is 6.42 Å². The third kappa shape index (κ3) is 3.25. The van der Waals surface area contributed by atoms with Gasteiger partial charge in [-0.3, -0.25) is 0 Å². The van der Waals surface area contributed by atoms with Crippen LogP contribution in [0, 0.1) is 12.8 Å². The van der Waals surface area contributed by atoms with E-state index in [2.05, 4.69) is 41.1 Å². The van der Waals surface area contributed by atoms with Crippen molar-refractivity contribution < 1.29 is 4.74 Å². The van der Waals surface area contributed by atoms with E-state index in [1.807, 2.05) is 0 Å². The van der Waals surface area contributed by atoms with Crippen LogP contribution in [-0.4, -0.2) is 11.9 Å². The highest BCUT2D eigenvalue weighted by Crippen LogP contribution is 2.34. The smallest absolute Gasteiger partial charge is 0.122 e. The van der Waals surface area contributed by atoms with E-state index in [-0.39, 0.29) is 0 Å². The number of methoxy groups -OCH3 is 1. The SMILES string of the molecule is COc1ccc(C)cc1CC1CCCCC1Br. The molecule has 2 atom stereocenters. The number of hydrogen-bond acceptors (Lipinski definition) is 1. The first kappa shape index (κ1) is 12.9. The van der Waals surface area contributed by atoms with Crippen LogP contribution in [0.25, 0.3) is 0 Å². The lowest BCUT2D eigenvalue weighted by Crippen LogP contribution is -2.21. The van der Waals surface area contributed by atoms with Crippen molar-refractivity contribution in [2.45, 2.75) is 43.9 Å². The second-order valence-corrected chi connectivity index (χ2v) is 6.26. The monoisotopic (exact) mass is 296 g/mol. The molecule has 1 aromatic carbocycles. The second-order valence-electron chi connectivity index (χ2n) is 5.08. The molecular formula is C15H21BrO. The number of hydrogen-bond donors (Lipinski definition) is 0. The fourth-order valence-electron chi connectivity index (χ4n) is 2.74. The van der Waals surface area contributed by atoms with Gasteiger partial charge >= 0.3 is 0 Å². The Labute approximate surface area is 113 Å². The molecule has 2 heteroatoms. The van der Waals surface area contributed by atoms with Gasteiger partial charge in [-0.15, -0.1) is 0 Å². The summed E-state index contributed by atoms with van der Waals surface area (Å²) in [4.78, 5) is 0.682. The van der Waals surface area contributed by atoms with Gasteiger partial charge in [0, 0.05) is 4.83 Å². The molecule has 0 radical (unpaired) electrons. The molecule has 2 unspecified atom stereocenters. The number of halogens is 1. The standard InChI is InChI=1S/C15H21BrO/c1-11-7-8-15(17-2)13(9-11)10-12-5-3-4-6-14(12)16/h7-9,12,14H,3-6,10H2,1-2H3. The van der Waals surface area contributed by atoms with E-state index in [9.17, 15) is 0 Å². The van der Waals surface area contributed by atoms with E-state index in [0.717, 1.165) is 18.1 Å². The molecule has 2 rings (SSSR count). The molecule has 1 aliphatic carbocycles. The minimum atomic E-state index is 0.682. The summed E-state index contributed by atoms with van der Waals surface area (Å²) < 4.78 is 5.46. The number of alkyl halides is 1. The van der Waals surface area contributed by atoms with Crippen molar-refractivity contribution in [3.05, 3.63) is 29.3 Å². The first-order valence-electron chi connectivity index (χ1n) is 6.48. The Morgan fingerprint density at radius 3 is 2.76 bits per heavy atom. The van der Waals surface area contributed by atoms with Crippen LogP contribution >= 0.6 is 15.9 Å². The number of ether oxygens (including phenoxy) is 1. The van der Waals surface area contributed by atoms with Gasteiger partial charge in [-0.05, 0) is 43.7 Å². The lowest BCUT2D eigenvalue weighted by atomic mass is 9.84. The predicted molar refractivity (Wildman–Crippen MR) is 76.1 cm³/mol. The molecule has 0 bridgehead atoms. The van der Waals surface area contributed by atoms with E-state index >= 15 is 0 Å². The van der Waals surface area contributed by atoms with Gasteiger partial charge in [0.1, 0.15) is 5.75 Å². The van der Waals surface area contributed by atoms with Gasteiger partial charge in [-0.25, -0.2) is 0 Å². The zero-order chi connectivity index (χ0) is 12.3. The average molecular weight is 297 g/mol. The number of aryl methyl sites for hydroxylation is 1. The summed E-state index contributed by atoms with van der Waals surface area (Å²) >= 11 is 3.84. The van der Waals surface area contributed by atoms with Crippen LogP contribution in [0.3, 0.4) is 0 Å². The van der Waals surface area contributed by atoms with E-state index in [4.69, 9.17) is 4.74 Å². The van der Waals surface area contributed by atoms with Gasteiger partial charge < -0.3 is 4.74 Å². The molecule has 1 aliphatic rings. The lowest BCUT2D eigenvalue weighted by molar-refractivity contribution is 0.361. The maximum atomic E-state index is 5.46. The maximum Gasteiger partial charge on any atom is 0.122 e. The van der Waals surface area contributed by atoms with Gasteiger partial charge in [0.25, 0.3) is 0 Å². The molecule has 0 amide bonds. The minimum Gasteiger partial charge on any atom is -0.496 e. The van der Waals surface area contributed by atoms with Gasteiger partial charge in [0.15, 0.2) is 0 Å². The summed E-state index contributed by atoms with van der Waals surface area (Å²) in [7, 11) is 1.76. The molecule has 17 heavy (non-hydrogen) atoms. The van der Waals surface area contributed by atoms with Crippen LogP contribution in [0.2, 0.25) is 0 Å². The molecule has 94 valence electrons. The average Bonchev–Trinajstić information content (AvgIpc) is 2.32. The minimum absolute atomic E-state index is 0.682. The van der Waals surface area contributed by atoms with Crippen molar-refractivity contribution in [3.8, 4) is 5.75 Å². The molecular weight excluding hydrogens is 276 g/mol. The number of rotatable bonds is 3. The van der Waals surface area contributed by atoms with Crippen LogP contribution in [0.4, 0.5) is 0 Å². The summed E-state index contributed by atoms with van der Waals surface area (Å²) in [5.41, 5.74) is 2.69. The molecule has 0 saturated heterocycles. The van der Waals surface area contributed by atoms with Crippen molar-refractivity contribution >= 4 is 15.9 Å². The Bertz CT molecular complexity index is 375. The molecule has 1 fully saturated rings. The van der Waals surface area contributed by atoms with Gasteiger partial charge in [0.2, 0.25) is 0 Å². The van der Waals surface area contributed by atoms with E-state index in [1.165, 1.54) is 36.8 Å². The van der Waals surface area contributed by atoms with E-state index < -0.39 is 0 Å². The fourth-order valence-corrected chi connectivity index (χ4v) is 3.52. The molecule has 0 N–H and O–H groups in total. The highest BCUT2D eigenvalue weighted by molar-refractivity contribution is 9.09. The number of benzene rings is 1. The zero-order valence-corrected chi connectivity index (χ0v) is 12.3. The second kappa shape index (κ2) is 5.90. The van der Waals surface area contributed by atoms with Crippen LogP contribution in [0.5, 0.6) is 5.75 Å². The highest BCUT2D eigenvalue weighted by atomic mass is 79.9. The van der Waals surface area contributed by atoms with Crippen LogP contribution < -0.4 is 4.74 Å². The highest BCUT2D eigenvalue weighted by Gasteiger charge is 2.23. The van der Waals surface area contributed by atoms with Crippen molar-refractivity contribution in [3.63, 3.8) is 0 Å². The summed E-state index contributed by atoms with van der Waals surface area (Å²) in [5, 5.41) is 0. The molecule has 0 aromatic heterocycles. The van der Waals surface area contributed by atoms with Gasteiger partial charge in [-0.2, -0.15) is 0 Å². The van der Waals surface area contributed by atoms with Crippen molar-refractivity contribution in [2.75, 3.05) is 7.11 Å². The molecule has 0 heterocycles. The largest absolute Gasteiger partial charge is 0.496 e. The van der Waals surface area contributed by atoms with Crippen molar-refractivity contribution in [1.29, 1.82) is 0 Å². The third-order valence-corrected chi connectivity index (χ3v) is 4.94. The Morgan fingerprint density at radius 2 is 2.06 bits per heavy atom. The Kier molecular flexibility index (Phi) is 4.49. The van der Waals surface area contributed by atoms with Crippen LogP contribution in [0.15, 0.2) is 18.2 Å². The normalized spacial score (nSPS) is 24.6. The topological polar surface area (TPSA) is 9.23 Å². The summed E-state index contributed by atoms with van der Waals surface area (Å²) in [6.45, 7) is 2.15. The van der Waals surface area contributed by atoms with Crippen molar-refractivity contribution in [1.82, 2.24) is 0 Å². The first-order chi connectivity index (χ1) is 8.20. The predicted octanol–water partition coefficient (Wildman–Crippen LogP) is 4.50. The fraction of sp³-hybridized carbons (Fsp3) is 0.600. The summed E-state index contributed by atoms with van der Waals surface area (Å²) in [6, 6.07) is 6.48. The Hall–Kier alpha value is -0.500. The Morgan fingerprint density at radius 1 is 1.29 bits per heavy atom. The molecule has 1 saturated carbocycles. The lowest BCUT2D eigenvalue weighted by Gasteiger charge is -2.28. The molecule has 1 nitrogen and oxygen atoms in total. The summed E-state index contributed by atoms with van der Waals surface area (Å²) in [6.07, 6.45) is 6.55. The van der Waals surface area contributed by atoms with E-state index in [0.29, 0.717) is 4.83 Å². The van der Waals surface area contributed by atoms with Crippen molar-refractivity contribution in [2.24, 2.45) is 5.92 Å². The Balaban J connectivity index is 2.13. The molecule has 0 spiro atoms. The van der Waals surface area contributed by atoms with Gasteiger partial charge in [-0.1, -0.05) is 46.5 Å². The molecule has 1 aromatic rings. The van der Waals surface area contributed by atoms with E-state index in [1.54, 1.807) is 7.11 Å².